The van der Waals surface area contributed by atoms with Gasteiger partial charge in [0, 0.05) is 13.0 Å². The van der Waals surface area contributed by atoms with E-state index < -0.39 is 53.8 Å². The first-order valence-corrected chi connectivity index (χ1v) is 14.1. The van der Waals surface area contributed by atoms with E-state index in [1.807, 2.05) is 60.7 Å². The van der Waals surface area contributed by atoms with Gasteiger partial charge in [0.2, 0.25) is 11.8 Å². The summed E-state index contributed by atoms with van der Waals surface area (Å²) in [6, 6.07) is 19.6. The third kappa shape index (κ3) is 6.51. The van der Waals surface area contributed by atoms with Crippen molar-refractivity contribution in [3.8, 4) is 0 Å². The van der Waals surface area contributed by atoms with E-state index in [-0.39, 0.29) is 31.6 Å². The van der Waals surface area contributed by atoms with Gasteiger partial charge in [-0.05, 0) is 35.2 Å². The van der Waals surface area contributed by atoms with Crippen LogP contribution in [0.2, 0.25) is 0 Å². The summed E-state index contributed by atoms with van der Waals surface area (Å²) in [6.45, 7) is -0.168. The Morgan fingerprint density at radius 1 is 1.00 bits per heavy atom. The lowest BCUT2D eigenvalue weighted by Gasteiger charge is -2.52. The SMILES string of the molecule is O=CCC[C@@H](C(=O)NCc1cccc(C(F)(F)F)c1)N1C(=O)[C@@H](N2C(=O)OC[C@@H]2c2ccccc2)[C@H]1/C=C/c1ccccc1. The Balaban J connectivity index is 1.43. The highest BCUT2D eigenvalue weighted by molar-refractivity contribution is 5.98. The Kier molecular flexibility index (Phi) is 9.12. The number of likely N-dealkylation sites (tertiary alicyclic amines) is 1. The summed E-state index contributed by atoms with van der Waals surface area (Å²) in [7, 11) is 0. The summed E-state index contributed by atoms with van der Waals surface area (Å²) in [5.41, 5.74) is 0.986. The van der Waals surface area contributed by atoms with E-state index in [2.05, 4.69) is 5.32 Å². The van der Waals surface area contributed by atoms with Crippen molar-refractivity contribution in [1.29, 1.82) is 0 Å². The van der Waals surface area contributed by atoms with Gasteiger partial charge in [0.15, 0.2) is 0 Å². The summed E-state index contributed by atoms with van der Waals surface area (Å²) < 4.78 is 45.0. The van der Waals surface area contributed by atoms with Crippen molar-refractivity contribution in [3.05, 3.63) is 113 Å². The van der Waals surface area contributed by atoms with E-state index in [1.165, 1.54) is 21.9 Å². The van der Waals surface area contributed by atoms with Gasteiger partial charge < -0.3 is 19.7 Å². The molecule has 0 radical (unpaired) electrons. The molecule has 0 spiro atoms. The number of hydrogen-bond acceptors (Lipinski definition) is 5. The van der Waals surface area contributed by atoms with Gasteiger partial charge in [-0.3, -0.25) is 14.5 Å². The number of ether oxygens (including phenoxy) is 1. The molecule has 0 unspecified atom stereocenters. The summed E-state index contributed by atoms with van der Waals surface area (Å²) in [6.07, 6.45) is -1.10. The number of benzene rings is 3. The lowest BCUT2D eigenvalue weighted by Crippen LogP contribution is -2.74. The number of amides is 3. The number of cyclic esters (lactones) is 1. The average Bonchev–Trinajstić information content (AvgIpc) is 3.40. The Morgan fingerprint density at radius 2 is 1.70 bits per heavy atom. The van der Waals surface area contributed by atoms with Crippen molar-refractivity contribution in [3.63, 3.8) is 0 Å². The monoisotopic (exact) mass is 605 g/mol. The molecule has 2 heterocycles. The van der Waals surface area contributed by atoms with Gasteiger partial charge in [-0.2, -0.15) is 13.2 Å². The molecule has 3 amide bonds. The summed E-state index contributed by atoms with van der Waals surface area (Å²) in [5, 5.41) is 2.63. The molecule has 3 aromatic rings. The fourth-order valence-electron chi connectivity index (χ4n) is 5.59. The molecule has 1 N–H and O–H groups in total. The minimum absolute atomic E-state index is 0.0153. The topological polar surface area (TPSA) is 96.0 Å². The minimum atomic E-state index is -4.54. The zero-order chi connectivity index (χ0) is 31.3. The average molecular weight is 606 g/mol. The molecular weight excluding hydrogens is 575 g/mol. The number of rotatable bonds is 11. The van der Waals surface area contributed by atoms with Crippen LogP contribution in [0.25, 0.3) is 6.08 Å². The molecule has 3 aromatic carbocycles. The molecular formula is C33H30F3N3O5. The maximum Gasteiger partial charge on any atom is 0.416 e. The summed E-state index contributed by atoms with van der Waals surface area (Å²) in [5.74, 6) is -1.13. The Hall–Kier alpha value is -4.93. The number of aldehydes is 1. The summed E-state index contributed by atoms with van der Waals surface area (Å²) in [4.78, 5) is 54.5. The molecule has 4 atom stereocenters. The van der Waals surface area contributed by atoms with Crippen molar-refractivity contribution in [1.82, 2.24) is 15.1 Å². The van der Waals surface area contributed by atoms with E-state index in [0.717, 1.165) is 23.3 Å². The van der Waals surface area contributed by atoms with Crippen LogP contribution in [0, 0.1) is 0 Å². The van der Waals surface area contributed by atoms with Crippen LogP contribution in [-0.4, -0.2) is 58.7 Å². The molecule has 0 bridgehead atoms. The molecule has 2 saturated heterocycles. The molecule has 0 aliphatic carbocycles. The van der Waals surface area contributed by atoms with Gasteiger partial charge >= 0.3 is 12.3 Å². The van der Waals surface area contributed by atoms with Crippen molar-refractivity contribution in [2.45, 2.75) is 49.7 Å². The predicted molar refractivity (Wildman–Crippen MR) is 155 cm³/mol. The van der Waals surface area contributed by atoms with Gasteiger partial charge in [-0.25, -0.2) is 4.79 Å². The van der Waals surface area contributed by atoms with Gasteiger partial charge in [-0.1, -0.05) is 84.9 Å². The molecule has 0 aromatic heterocycles. The van der Waals surface area contributed by atoms with E-state index in [9.17, 15) is 32.3 Å². The first-order chi connectivity index (χ1) is 21.2. The first kappa shape index (κ1) is 30.5. The van der Waals surface area contributed by atoms with Crippen LogP contribution < -0.4 is 5.32 Å². The standard InChI is InChI=1S/C33H30F3N3O5/c34-33(35,36)25-14-7-11-23(19-25)20-37-30(41)27(15-8-18-40)38-26(17-16-22-9-3-1-4-10-22)29(31(38)42)39-28(21-44-32(39)43)24-12-5-2-6-13-24/h1-7,9-14,16-19,26-29H,8,15,20-21H2,(H,37,41)/b17-16+/t26-,27+,28-,29+/m1/s1. The number of hydrogen-bond donors (Lipinski definition) is 1. The molecule has 5 rings (SSSR count). The third-order valence-corrected chi connectivity index (χ3v) is 7.75. The van der Waals surface area contributed by atoms with Crippen LogP contribution in [-0.2, 0) is 31.8 Å². The maximum atomic E-state index is 13.9. The second-order valence-corrected chi connectivity index (χ2v) is 10.5. The van der Waals surface area contributed by atoms with Gasteiger partial charge in [0.1, 0.15) is 25.0 Å². The fourth-order valence-corrected chi connectivity index (χ4v) is 5.59. The van der Waals surface area contributed by atoms with Gasteiger partial charge in [0.05, 0.1) is 17.6 Å². The van der Waals surface area contributed by atoms with E-state index in [4.69, 9.17) is 4.74 Å². The highest BCUT2D eigenvalue weighted by Crippen LogP contribution is 2.39. The quantitative estimate of drug-likeness (QED) is 0.241. The van der Waals surface area contributed by atoms with Gasteiger partial charge in [0.25, 0.3) is 0 Å². The first-order valence-electron chi connectivity index (χ1n) is 14.1. The van der Waals surface area contributed by atoms with Crippen LogP contribution in [0.3, 0.4) is 0 Å². The predicted octanol–water partition coefficient (Wildman–Crippen LogP) is 5.16. The number of alkyl halides is 3. The van der Waals surface area contributed by atoms with E-state index in [0.29, 0.717) is 6.29 Å². The lowest BCUT2D eigenvalue weighted by molar-refractivity contribution is -0.163. The molecule has 2 aliphatic rings. The molecule has 2 aliphatic heterocycles. The molecule has 228 valence electrons. The third-order valence-electron chi connectivity index (χ3n) is 7.75. The maximum absolute atomic E-state index is 13.9. The lowest BCUT2D eigenvalue weighted by atomic mass is 9.87. The van der Waals surface area contributed by atoms with Crippen molar-refractivity contribution < 1.29 is 37.1 Å². The second kappa shape index (κ2) is 13.2. The largest absolute Gasteiger partial charge is 0.447 e. The molecule has 2 fully saturated rings. The van der Waals surface area contributed by atoms with Crippen molar-refractivity contribution in [2.75, 3.05) is 6.61 Å². The Labute approximate surface area is 252 Å². The number of carbonyl (C=O) groups is 4. The van der Waals surface area contributed by atoms with E-state index in [1.54, 1.807) is 12.2 Å². The highest BCUT2D eigenvalue weighted by Gasteiger charge is 2.57. The Morgan fingerprint density at radius 3 is 2.39 bits per heavy atom. The van der Waals surface area contributed by atoms with Crippen LogP contribution >= 0.6 is 0 Å². The van der Waals surface area contributed by atoms with Crippen LogP contribution in [0.15, 0.2) is 91.0 Å². The normalized spacial score (nSPS) is 20.8. The number of halogens is 3. The smallest absolute Gasteiger partial charge is 0.416 e. The molecule has 44 heavy (non-hydrogen) atoms. The van der Waals surface area contributed by atoms with Crippen LogP contribution in [0.1, 0.15) is 41.1 Å². The summed E-state index contributed by atoms with van der Waals surface area (Å²) >= 11 is 0. The highest BCUT2D eigenvalue weighted by atomic mass is 19.4. The Bertz CT molecular complexity index is 1530. The van der Waals surface area contributed by atoms with E-state index >= 15 is 0 Å². The second-order valence-electron chi connectivity index (χ2n) is 10.5. The molecule has 0 saturated carbocycles. The van der Waals surface area contributed by atoms with Crippen molar-refractivity contribution >= 4 is 30.3 Å². The number of nitrogens with one attached hydrogen (secondary N) is 1. The zero-order valence-electron chi connectivity index (χ0n) is 23.5. The van der Waals surface area contributed by atoms with Crippen molar-refractivity contribution in [2.24, 2.45) is 0 Å². The number of nitrogens with zero attached hydrogens (tertiary/aromatic N) is 2. The van der Waals surface area contributed by atoms with Crippen LogP contribution in [0.5, 0.6) is 0 Å². The fraction of sp³-hybridized carbons (Fsp3) is 0.273. The molecule has 11 heteroatoms. The van der Waals surface area contributed by atoms with Crippen LogP contribution in [0.4, 0.5) is 18.0 Å². The molecule has 8 nitrogen and oxygen atoms in total. The number of β-lactam (4-membered cyclic amide) rings is 1. The minimum Gasteiger partial charge on any atom is -0.447 e. The number of carbonyl (C=O) groups excluding carboxylic acids is 4. The zero-order valence-corrected chi connectivity index (χ0v) is 23.5. The van der Waals surface area contributed by atoms with Gasteiger partial charge in [-0.15, -0.1) is 0 Å².